The summed E-state index contributed by atoms with van der Waals surface area (Å²) >= 11 is 0. The quantitative estimate of drug-likeness (QED) is 0.0791. The molecule has 0 N–H and O–H groups in total. The van der Waals surface area contributed by atoms with E-state index in [0.29, 0.717) is 6.61 Å². The average Bonchev–Trinajstić information content (AvgIpc) is 2.57. The molecule has 0 aliphatic rings. The van der Waals surface area contributed by atoms with Crippen LogP contribution in [0.25, 0.3) is 0 Å². The lowest BCUT2D eigenvalue weighted by Gasteiger charge is -2.09. The monoisotopic (exact) mass is 386 g/mol. The van der Waals surface area contributed by atoms with Crippen molar-refractivity contribution >= 4 is 14.4 Å². The third-order valence-corrected chi connectivity index (χ3v) is 6.26. The molecule has 154 valence electrons. The van der Waals surface area contributed by atoms with Gasteiger partial charge in [-0.3, -0.25) is 0 Å². The first-order chi connectivity index (χ1) is 12.5. The van der Waals surface area contributed by atoms with Gasteiger partial charge in [0.1, 0.15) is 0 Å². The van der Waals surface area contributed by atoms with Crippen LogP contribution in [0.15, 0.2) is 12.2 Å². The summed E-state index contributed by atoms with van der Waals surface area (Å²) in [4.78, 5) is 11.1. The van der Waals surface area contributed by atoms with E-state index < -0.39 is 8.41 Å². The van der Waals surface area contributed by atoms with Gasteiger partial charge in [-0.1, -0.05) is 89.5 Å². The van der Waals surface area contributed by atoms with Crippen molar-refractivity contribution in [2.75, 3.05) is 6.61 Å². The van der Waals surface area contributed by atoms with Crippen molar-refractivity contribution in [2.24, 2.45) is 0 Å². The highest BCUT2D eigenvalue weighted by Gasteiger charge is 2.18. The number of unbranched alkanes of at least 4 members (excludes halogenated alkanes) is 13. The Morgan fingerprint density at radius 1 is 0.769 bits per heavy atom. The first-order valence-electron chi connectivity index (χ1n) is 10.9. The number of hydrogen-bond donors (Lipinski definition) is 0. The Kier molecular flexibility index (Phi) is 17.3. The molecule has 0 rings (SSSR count). The zero-order valence-corrected chi connectivity index (χ0v) is 18.7. The van der Waals surface area contributed by atoms with Gasteiger partial charge >= 0.3 is 5.97 Å². The normalized spacial score (nSPS) is 12.0. The van der Waals surface area contributed by atoms with Gasteiger partial charge in [-0.25, -0.2) is 4.79 Å². The number of carbonyl (C=O) groups excluding carboxylic acids is 1. The molecule has 0 unspecified atom stereocenters. The highest BCUT2D eigenvalue weighted by molar-refractivity contribution is 6.70. The molecule has 0 bridgehead atoms. The van der Waals surface area contributed by atoms with Gasteiger partial charge < -0.3 is 8.84 Å². The van der Waals surface area contributed by atoms with Gasteiger partial charge in [0.15, 0.2) is 0 Å². The van der Waals surface area contributed by atoms with E-state index in [1.807, 2.05) is 20.0 Å². The predicted molar refractivity (Wildman–Crippen MR) is 114 cm³/mol. The van der Waals surface area contributed by atoms with Crippen molar-refractivity contribution in [2.45, 2.75) is 116 Å². The van der Waals surface area contributed by atoms with Crippen LogP contribution in [-0.2, 0) is 9.53 Å². The van der Waals surface area contributed by atoms with Gasteiger partial charge in [0.25, 0.3) is 0 Å². The van der Waals surface area contributed by atoms with Crippen molar-refractivity contribution in [3.05, 3.63) is 12.2 Å². The van der Waals surface area contributed by atoms with E-state index in [1.54, 1.807) is 6.08 Å². The summed E-state index contributed by atoms with van der Waals surface area (Å²) < 4.78 is 18.5. The van der Waals surface area contributed by atoms with E-state index in [1.165, 1.54) is 76.7 Å². The maximum absolute atomic E-state index is 13.4. The van der Waals surface area contributed by atoms with Crippen LogP contribution in [0.2, 0.25) is 19.1 Å². The highest BCUT2D eigenvalue weighted by Crippen LogP contribution is 2.17. The molecule has 0 aromatic rings. The number of ether oxygens (including phenoxy) is 1. The predicted octanol–water partition coefficient (Wildman–Crippen LogP) is 7.74. The molecule has 0 fully saturated rings. The lowest BCUT2D eigenvalue weighted by Crippen LogP contribution is -2.16. The van der Waals surface area contributed by atoms with Crippen molar-refractivity contribution in [3.63, 3.8) is 0 Å². The maximum atomic E-state index is 13.4. The van der Waals surface area contributed by atoms with Gasteiger partial charge in [-0.2, -0.15) is 0 Å². The molecule has 0 radical (unpaired) electrons. The number of halogens is 1. The minimum atomic E-state index is -2.29. The van der Waals surface area contributed by atoms with Gasteiger partial charge in [0.05, 0.1) is 6.61 Å². The standard InChI is InChI=1S/C22H43FO2Si/c1-4-19-22(24)25-20-17-15-13-11-9-7-5-6-8-10-12-14-16-18-21-26(2,3)23/h4,19H,5-18,20-21H2,1-3H3. The molecule has 26 heavy (non-hydrogen) atoms. The molecule has 2 nitrogen and oxygen atoms in total. The summed E-state index contributed by atoms with van der Waals surface area (Å²) in [6.07, 6.45) is 20.9. The third-order valence-electron chi connectivity index (χ3n) is 4.71. The zero-order chi connectivity index (χ0) is 19.5. The molecule has 0 aliphatic carbocycles. The molecule has 0 amide bonds. The van der Waals surface area contributed by atoms with Crippen LogP contribution >= 0.6 is 0 Å². The fraction of sp³-hybridized carbons (Fsp3) is 0.864. The van der Waals surface area contributed by atoms with Crippen molar-refractivity contribution in [1.82, 2.24) is 0 Å². The lowest BCUT2D eigenvalue weighted by molar-refractivity contribution is -0.137. The average molecular weight is 387 g/mol. The molecule has 0 heterocycles. The molecule has 0 aromatic carbocycles. The van der Waals surface area contributed by atoms with Crippen LogP contribution in [0.4, 0.5) is 4.11 Å². The Labute approximate surface area is 163 Å². The van der Waals surface area contributed by atoms with Crippen LogP contribution in [0.5, 0.6) is 0 Å². The topological polar surface area (TPSA) is 26.3 Å². The summed E-state index contributed by atoms with van der Waals surface area (Å²) in [5.74, 6) is -0.224. The second kappa shape index (κ2) is 17.8. The van der Waals surface area contributed by atoms with E-state index in [0.717, 1.165) is 25.3 Å². The highest BCUT2D eigenvalue weighted by atomic mass is 28.4. The van der Waals surface area contributed by atoms with Crippen LogP contribution in [-0.4, -0.2) is 21.0 Å². The van der Waals surface area contributed by atoms with Crippen molar-refractivity contribution < 1.29 is 13.6 Å². The Bertz CT molecular complexity index is 351. The SMILES string of the molecule is CC=CC(=O)OCCCCCCCCCCCCCCCC[Si](C)(C)F. The minimum Gasteiger partial charge on any atom is -0.463 e. The molecular weight excluding hydrogens is 343 g/mol. The van der Waals surface area contributed by atoms with Gasteiger partial charge in [-0.15, -0.1) is 0 Å². The van der Waals surface area contributed by atoms with Crippen LogP contribution in [0.3, 0.4) is 0 Å². The van der Waals surface area contributed by atoms with Gasteiger partial charge in [0.2, 0.25) is 8.41 Å². The minimum absolute atomic E-state index is 0.224. The van der Waals surface area contributed by atoms with E-state index in [-0.39, 0.29) is 5.97 Å². The first-order valence-corrected chi connectivity index (χ1v) is 14.0. The van der Waals surface area contributed by atoms with E-state index in [4.69, 9.17) is 4.74 Å². The van der Waals surface area contributed by atoms with E-state index in [2.05, 4.69) is 0 Å². The fourth-order valence-electron chi connectivity index (χ4n) is 3.13. The van der Waals surface area contributed by atoms with Gasteiger partial charge in [-0.05, 0) is 32.5 Å². The molecular formula is C22H43FO2Si. The largest absolute Gasteiger partial charge is 0.463 e. The molecule has 0 atom stereocenters. The van der Waals surface area contributed by atoms with Crippen LogP contribution in [0.1, 0.15) is 96.8 Å². The Morgan fingerprint density at radius 2 is 1.15 bits per heavy atom. The number of allylic oxidation sites excluding steroid dienone is 1. The van der Waals surface area contributed by atoms with Crippen molar-refractivity contribution in [1.29, 1.82) is 0 Å². The fourth-order valence-corrected chi connectivity index (χ4v) is 4.22. The molecule has 4 heteroatoms. The Morgan fingerprint density at radius 3 is 1.54 bits per heavy atom. The van der Waals surface area contributed by atoms with Crippen LogP contribution in [0, 0.1) is 0 Å². The third kappa shape index (κ3) is 21.4. The number of rotatable bonds is 18. The number of esters is 1. The second-order valence-corrected chi connectivity index (χ2v) is 12.0. The molecule has 0 saturated carbocycles. The van der Waals surface area contributed by atoms with E-state index >= 15 is 0 Å². The summed E-state index contributed by atoms with van der Waals surface area (Å²) in [6.45, 7) is 6.00. The summed E-state index contributed by atoms with van der Waals surface area (Å²) in [5.41, 5.74) is 0. The van der Waals surface area contributed by atoms with Gasteiger partial charge in [0, 0.05) is 6.08 Å². The second-order valence-electron chi connectivity index (χ2n) is 8.09. The molecule has 0 aromatic heterocycles. The summed E-state index contributed by atoms with van der Waals surface area (Å²) in [5, 5.41) is 0. The smallest absolute Gasteiger partial charge is 0.330 e. The number of carbonyl (C=O) groups is 1. The Hall–Kier alpha value is -0.643. The number of hydrogen-bond acceptors (Lipinski definition) is 2. The summed E-state index contributed by atoms with van der Waals surface area (Å²) in [7, 11) is -2.29. The maximum Gasteiger partial charge on any atom is 0.330 e. The molecule has 0 saturated heterocycles. The zero-order valence-electron chi connectivity index (χ0n) is 17.7. The van der Waals surface area contributed by atoms with Crippen LogP contribution < -0.4 is 0 Å². The van der Waals surface area contributed by atoms with Crippen molar-refractivity contribution in [3.8, 4) is 0 Å². The summed E-state index contributed by atoms with van der Waals surface area (Å²) in [6, 6.07) is 0.842. The molecule has 0 spiro atoms. The van der Waals surface area contributed by atoms with E-state index in [9.17, 15) is 8.90 Å². The lowest BCUT2D eigenvalue weighted by atomic mass is 10.0. The first kappa shape index (κ1) is 25.4. The molecule has 0 aliphatic heterocycles. The Balaban J connectivity index is 3.10.